The smallest absolute Gasteiger partial charge is 0.179 e. The molecule has 0 bridgehead atoms. The molecule has 0 aromatic heterocycles. The van der Waals surface area contributed by atoms with Crippen molar-refractivity contribution in [3.63, 3.8) is 0 Å². The third-order valence-corrected chi connectivity index (χ3v) is 5.57. The highest BCUT2D eigenvalue weighted by Gasteiger charge is 2.21. The van der Waals surface area contributed by atoms with Crippen LogP contribution in [0.3, 0.4) is 0 Å². The average molecular weight is 335 g/mol. The molecule has 3 rings (SSSR count). The Hall–Kier alpha value is -1.92. The van der Waals surface area contributed by atoms with E-state index in [0.717, 1.165) is 5.56 Å². The molecule has 6 heteroatoms. The molecule has 0 saturated carbocycles. The maximum Gasteiger partial charge on any atom is 0.179 e. The van der Waals surface area contributed by atoms with Gasteiger partial charge in [0, 0.05) is 18.7 Å². The van der Waals surface area contributed by atoms with Crippen LogP contribution in [0.25, 0.3) is 0 Å². The van der Waals surface area contributed by atoms with E-state index in [4.69, 9.17) is 4.74 Å². The highest BCUT2D eigenvalue weighted by atomic mass is 32.2. The maximum atomic E-state index is 13.1. The molecular formula is C17H18FNO3S. The highest BCUT2D eigenvalue weighted by molar-refractivity contribution is 7.91. The topological polar surface area (TPSA) is 55.4 Å². The fourth-order valence-corrected chi connectivity index (χ4v) is 3.81. The van der Waals surface area contributed by atoms with Crippen LogP contribution in [0.1, 0.15) is 5.56 Å². The van der Waals surface area contributed by atoms with Gasteiger partial charge in [0.15, 0.2) is 9.84 Å². The Balaban J connectivity index is 1.55. The molecule has 1 unspecified atom stereocenters. The molecule has 1 aliphatic rings. The van der Waals surface area contributed by atoms with E-state index in [0.29, 0.717) is 30.2 Å². The van der Waals surface area contributed by atoms with Crippen LogP contribution < -0.4 is 10.1 Å². The number of rotatable bonds is 5. The second kappa shape index (κ2) is 6.68. The molecular weight excluding hydrogens is 317 g/mol. The summed E-state index contributed by atoms with van der Waals surface area (Å²) in [6.07, 6.45) is 0.695. The Morgan fingerprint density at radius 3 is 2.74 bits per heavy atom. The van der Waals surface area contributed by atoms with Crippen LogP contribution >= 0.6 is 0 Å². The summed E-state index contributed by atoms with van der Waals surface area (Å²) in [5, 5.41) is 3.21. The lowest BCUT2D eigenvalue weighted by molar-refractivity contribution is 0.240. The number of ether oxygens (including phenoxy) is 1. The molecule has 122 valence electrons. The Morgan fingerprint density at radius 1 is 1.17 bits per heavy atom. The van der Waals surface area contributed by atoms with Crippen molar-refractivity contribution in [1.82, 2.24) is 5.32 Å². The summed E-state index contributed by atoms with van der Waals surface area (Å²) >= 11 is 0. The predicted molar refractivity (Wildman–Crippen MR) is 85.9 cm³/mol. The third-order valence-electron chi connectivity index (χ3n) is 3.84. The molecule has 4 nitrogen and oxygen atoms in total. The number of hydrogen-bond donors (Lipinski definition) is 1. The number of fused-ring (bicyclic) bond motifs is 1. The molecule has 0 amide bonds. The lowest BCUT2D eigenvalue weighted by Gasteiger charge is -2.26. The first-order valence-corrected chi connectivity index (χ1v) is 9.12. The van der Waals surface area contributed by atoms with Crippen molar-refractivity contribution in [2.24, 2.45) is 0 Å². The van der Waals surface area contributed by atoms with Crippen molar-refractivity contribution in [3.05, 3.63) is 59.9 Å². The zero-order chi connectivity index (χ0) is 16.3. The van der Waals surface area contributed by atoms with Crippen LogP contribution in [0.2, 0.25) is 0 Å². The molecule has 0 radical (unpaired) electrons. The van der Waals surface area contributed by atoms with Gasteiger partial charge in [0.05, 0.1) is 10.6 Å². The van der Waals surface area contributed by atoms with Gasteiger partial charge < -0.3 is 10.1 Å². The van der Waals surface area contributed by atoms with Gasteiger partial charge in [0.2, 0.25) is 0 Å². The van der Waals surface area contributed by atoms with E-state index in [1.807, 2.05) is 0 Å². The van der Waals surface area contributed by atoms with Crippen LogP contribution in [-0.4, -0.2) is 33.4 Å². The molecule has 0 aliphatic carbocycles. The van der Waals surface area contributed by atoms with E-state index in [2.05, 4.69) is 5.32 Å². The minimum atomic E-state index is -3.28. The van der Waals surface area contributed by atoms with Gasteiger partial charge in [-0.1, -0.05) is 24.3 Å². The van der Waals surface area contributed by atoms with Gasteiger partial charge in [-0.25, -0.2) is 12.8 Å². The summed E-state index contributed by atoms with van der Waals surface area (Å²) in [7, 11) is -3.28. The molecule has 2 aromatic carbocycles. The van der Waals surface area contributed by atoms with Crippen molar-refractivity contribution in [3.8, 4) is 5.75 Å². The first-order valence-electron chi connectivity index (χ1n) is 7.47. The molecule has 0 saturated heterocycles. The summed E-state index contributed by atoms with van der Waals surface area (Å²) in [5.41, 5.74) is 0.932. The molecule has 0 fully saturated rings. The summed E-state index contributed by atoms with van der Waals surface area (Å²) < 4.78 is 43.1. The van der Waals surface area contributed by atoms with E-state index in [1.54, 1.807) is 36.4 Å². The number of nitrogens with one attached hydrogen (secondary N) is 1. The summed E-state index contributed by atoms with van der Waals surface area (Å²) in [5.74, 6) is 0.285. The maximum absolute atomic E-state index is 13.1. The molecule has 1 heterocycles. The Morgan fingerprint density at radius 2 is 1.96 bits per heavy atom. The van der Waals surface area contributed by atoms with Crippen LogP contribution in [0.15, 0.2) is 53.4 Å². The van der Waals surface area contributed by atoms with Gasteiger partial charge >= 0.3 is 0 Å². The Labute approximate surface area is 135 Å². The van der Waals surface area contributed by atoms with Crippen LogP contribution in [0.4, 0.5) is 4.39 Å². The molecule has 1 aliphatic heterocycles. The summed E-state index contributed by atoms with van der Waals surface area (Å²) in [4.78, 5) is 0.336. The lowest BCUT2D eigenvalue weighted by atomic mass is 10.0. The van der Waals surface area contributed by atoms with Gasteiger partial charge in [0.25, 0.3) is 0 Å². The first kappa shape index (κ1) is 16.0. The average Bonchev–Trinajstić information content (AvgIpc) is 2.55. The van der Waals surface area contributed by atoms with Gasteiger partial charge in [-0.2, -0.15) is 0 Å². The van der Waals surface area contributed by atoms with Crippen molar-refractivity contribution in [2.75, 3.05) is 18.9 Å². The monoisotopic (exact) mass is 335 g/mol. The van der Waals surface area contributed by atoms with E-state index in [1.165, 1.54) is 12.1 Å². The Bertz CT molecular complexity index is 778. The van der Waals surface area contributed by atoms with Crippen molar-refractivity contribution in [1.29, 1.82) is 0 Å². The zero-order valence-electron chi connectivity index (χ0n) is 12.5. The van der Waals surface area contributed by atoms with Crippen LogP contribution in [0, 0.1) is 5.82 Å². The van der Waals surface area contributed by atoms with Crippen LogP contribution in [-0.2, 0) is 16.3 Å². The molecule has 23 heavy (non-hydrogen) atoms. The van der Waals surface area contributed by atoms with Gasteiger partial charge in [-0.3, -0.25) is 0 Å². The zero-order valence-corrected chi connectivity index (χ0v) is 13.4. The third kappa shape index (κ3) is 3.89. The first-order chi connectivity index (χ1) is 11.0. The van der Waals surface area contributed by atoms with Crippen molar-refractivity contribution < 1.29 is 17.5 Å². The van der Waals surface area contributed by atoms with Crippen molar-refractivity contribution >= 4 is 9.84 Å². The van der Waals surface area contributed by atoms with Gasteiger partial charge in [-0.15, -0.1) is 0 Å². The molecule has 0 spiro atoms. The molecule has 2 aromatic rings. The largest absolute Gasteiger partial charge is 0.492 e. The highest BCUT2D eigenvalue weighted by Crippen LogP contribution is 2.25. The number of benzene rings is 2. The Kier molecular flexibility index (Phi) is 4.63. The van der Waals surface area contributed by atoms with E-state index < -0.39 is 9.84 Å². The minimum absolute atomic E-state index is 0.0268. The quantitative estimate of drug-likeness (QED) is 0.910. The fraction of sp³-hybridized carbons (Fsp3) is 0.294. The molecule has 1 N–H and O–H groups in total. The summed E-state index contributed by atoms with van der Waals surface area (Å²) in [6, 6.07) is 12.9. The number of hydrogen-bond acceptors (Lipinski definition) is 4. The second-order valence-corrected chi connectivity index (χ2v) is 7.66. The predicted octanol–water partition coefficient (Wildman–Crippen LogP) is 2.19. The van der Waals surface area contributed by atoms with E-state index in [9.17, 15) is 12.8 Å². The molecule has 1 atom stereocenters. The lowest BCUT2D eigenvalue weighted by Crippen LogP contribution is -2.41. The van der Waals surface area contributed by atoms with Crippen molar-refractivity contribution in [2.45, 2.75) is 17.4 Å². The summed E-state index contributed by atoms with van der Waals surface area (Å²) in [6.45, 7) is 0.754. The fourth-order valence-electron chi connectivity index (χ4n) is 2.62. The van der Waals surface area contributed by atoms with Gasteiger partial charge in [-0.05, 0) is 30.2 Å². The van der Waals surface area contributed by atoms with Crippen LogP contribution in [0.5, 0.6) is 5.75 Å². The number of sulfone groups is 1. The normalized spacial score (nSPS) is 17.3. The minimum Gasteiger partial charge on any atom is -0.492 e. The SMILES string of the molecule is O=S(=O)(CCNC1COc2cc(F)ccc2C1)c1ccccc1. The van der Waals surface area contributed by atoms with E-state index in [-0.39, 0.29) is 17.6 Å². The standard InChI is InChI=1S/C17H18FNO3S/c18-14-7-6-13-10-15(12-22-17(13)11-14)19-8-9-23(20,21)16-4-2-1-3-5-16/h1-7,11,15,19H,8-10,12H2. The van der Waals surface area contributed by atoms with Gasteiger partial charge in [0.1, 0.15) is 18.2 Å². The van der Waals surface area contributed by atoms with E-state index >= 15 is 0 Å². The second-order valence-electron chi connectivity index (χ2n) is 5.55. The number of halogens is 1.